The topological polar surface area (TPSA) is 90.6 Å². The van der Waals surface area contributed by atoms with Crippen LogP contribution in [0.5, 0.6) is 0 Å². The van der Waals surface area contributed by atoms with Crippen molar-refractivity contribution in [3.05, 3.63) is 76.0 Å². The van der Waals surface area contributed by atoms with E-state index in [1.807, 2.05) is 0 Å². The number of hydrogen-bond donors (Lipinski definition) is 1. The maximum Gasteiger partial charge on any atom is 0.293 e. The van der Waals surface area contributed by atoms with Crippen LogP contribution in [0.2, 0.25) is 0 Å². The Hall–Kier alpha value is -3.17. The summed E-state index contributed by atoms with van der Waals surface area (Å²) in [5.41, 5.74) is -2.08. The van der Waals surface area contributed by atoms with Crippen molar-refractivity contribution >= 4 is 10.0 Å². The Balaban J connectivity index is 2.26. The summed E-state index contributed by atoms with van der Waals surface area (Å²) < 4.78 is 100. The lowest BCUT2D eigenvalue weighted by molar-refractivity contribution is 0.0952. The van der Waals surface area contributed by atoms with Gasteiger partial charge in [0.25, 0.3) is 5.95 Å². The Morgan fingerprint density at radius 3 is 2.19 bits per heavy atom. The molecule has 0 saturated heterocycles. The predicted molar refractivity (Wildman–Crippen MR) is 95.0 cm³/mol. The maximum absolute atomic E-state index is 14.2. The van der Waals surface area contributed by atoms with Crippen LogP contribution < -0.4 is 0 Å². The number of rotatable bonds is 5. The van der Waals surface area contributed by atoms with Crippen molar-refractivity contribution in [2.75, 3.05) is 6.61 Å². The first-order valence-corrected chi connectivity index (χ1v) is 10.1. The summed E-state index contributed by atoms with van der Waals surface area (Å²) in [6.07, 6.45) is 0. The number of hydrogen-bond acceptors (Lipinski definition) is 5. The zero-order chi connectivity index (χ0) is 23.1. The number of halogens is 5. The fourth-order valence-corrected chi connectivity index (χ4v) is 5.00. The van der Waals surface area contributed by atoms with E-state index in [-0.39, 0.29) is 17.1 Å². The van der Waals surface area contributed by atoms with Crippen LogP contribution in [0, 0.1) is 40.4 Å². The van der Waals surface area contributed by atoms with Crippen molar-refractivity contribution in [3.8, 4) is 6.07 Å². The van der Waals surface area contributed by atoms with Gasteiger partial charge in [0.2, 0.25) is 15.8 Å². The van der Waals surface area contributed by atoms with Gasteiger partial charge in [-0.2, -0.15) is 9.57 Å². The molecule has 0 bridgehead atoms. The highest BCUT2D eigenvalue weighted by Gasteiger charge is 2.47. The van der Waals surface area contributed by atoms with E-state index in [1.54, 1.807) is 6.07 Å². The fourth-order valence-electron chi connectivity index (χ4n) is 3.22. The summed E-state index contributed by atoms with van der Waals surface area (Å²) in [5, 5.41) is 19.6. The van der Waals surface area contributed by atoms with Crippen LogP contribution in [0.25, 0.3) is 0 Å². The van der Waals surface area contributed by atoms with Crippen LogP contribution in [0.3, 0.4) is 0 Å². The minimum Gasteiger partial charge on any atom is -0.480 e. The Bertz CT molecular complexity index is 1210. The second kappa shape index (κ2) is 8.16. The zero-order valence-electron chi connectivity index (χ0n) is 15.7. The molecule has 0 aliphatic carbocycles. The largest absolute Gasteiger partial charge is 0.480 e. The first-order chi connectivity index (χ1) is 14.6. The van der Waals surface area contributed by atoms with Crippen LogP contribution in [-0.4, -0.2) is 24.4 Å². The molecule has 1 unspecified atom stereocenters. The van der Waals surface area contributed by atoms with Crippen molar-refractivity contribution < 1.29 is 40.2 Å². The van der Waals surface area contributed by atoms with Crippen molar-refractivity contribution in [3.63, 3.8) is 0 Å². The molecule has 1 heterocycles. The van der Waals surface area contributed by atoms with E-state index in [1.165, 1.54) is 25.1 Å². The number of aliphatic hydroxyl groups is 1. The van der Waals surface area contributed by atoms with Gasteiger partial charge in [0.1, 0.15) is 11.6 Å². The zero-order valence-corrected chi connectivity index (χ0v) is 16.5. The minimum absolute atomic E-state index is 0.0471. The van der Waals surface area contributed by atoms with Gasteiger partial charge in [0, 0.05) is 12.1 Å². The van der Waals surface area contributed by atoms with E-state index in [2.05, 4.69) is 0 Å². The predicted octanol–water partition coefficient (Wildman–Crippen LogP) is 3.96. The summed E-state index contributed by atoms with van der Waals surface area (Å²) in [7, 11) is -4.56. The van der Waals surface area contributed by atoms with Gasteiger partial charge in [-0.05, 0) is 18.6 Å². The minimum atomic E-state index is -4.56. The molecule has 12 heteroatoms. The highest BCUT2D eigenvalue weighted by Crippen LogP contribution is 2.45. The lowest BCUT2D eigenvalue weighted by Crippen LogP contribution is -2.31. The van der Waals surface area contributed by atoms with E-state index in [9.17, 15) is 40.7 Å². The lowest BCUT2D eigenvalue weighted by Gasteiger charge is -2.24. The van der Waals surface area contributed by atoms with Gasteiger partial charge in [-0.3, -0.25) is 0 Å². The molecule has 0 aromatic heterocycles. The molecule has 1 aliphatic heterocycles. The average Bonchev–Trinajstić information content (AvgIpc) is 2.96. The number of benzene rings is 2. The van der Waals surface area contributed by atoms with Crippen LogP contribution in [0.1, 0.15) is 24.1 Å². The van der Waals surface area contributed by atoms with E-state index >= 15 is 0 Å². The fraction of sp³-hybridized carbons (Fsp3) is 0.211. The Morgan fingerprint density at radius 1 is 1.10 bits per heavy atom. The smallest absolute Gasteiger partial charge is 0.293 e. The van der Waals surface area contributed by atoms with E-state index in [4.69, 9.17) is 4.74 Å². The summed E-state index contributed by atoms with van der Waals surface area (Å²) in [6, 6.07) is 5.13. The monoisotopic (exact) mass is 460 g/mol. The number of aliphatic hydroxyl groups excluding tert-OH is 1. The molecule has 6 nitrogen and oxygen atoms in total. The number of sulfonamides is 1. The van der Waals surface area contributed by atoms with Gasteiger partial charge in [0.05, 0.1) is 17.5 Å². The van der Waals surface area contributed by atoms with Gasteiger partial charge >= 0.3 is 0 Å². The molecule has 0 saturated carbocycles. The molecule has 31 heavy (non-hydrogen) atoms. The molecule has 1 atom stereocenters. The van der Waals surface area contributed by atoms with Gasteiger partial charge in [-0.25, -0.2) is 30.4 Å². The van der Waals surface area contributed by atoms with Crippen LogP contribution in [0.4, 0.5) is 22.0 Å². The maximum atomic E-state index is 14.2. The van der Waals surface area contributed by atoms with E-state index < -0.39 is 68.8 Å². The van der Waals surface area contributed by atoms with Gasteiger partial charge in [-0.15, -0.1) is 0 Å². The number of nitriles is 1. The molecule has 164 valence electrons. The van der Waals surface area contributed by atoms with E-state index in [0.717, 1.165) is 6.07 Å². The summed E-state index contributed by atoms with van der Waals surface area (Å²) in [5.74, 6) is -12.2. The standard InChI is InChI=1S/C19H13F5N2O4S/c1-2-30-19(27)10(7-25)18-9-5-3-4-6-12(9)31(28,29)26(18)8-11-13(20)15(22)17(24)16(23)14(11)21/h3-6,18,27H,2,8H2,1H3/b19-10-. The third-order valence-electron chi connectivity index (χ3n) is 4.61. The second-order valence-corrected chi connectivity index (χ2v) is 8.16. The highest BCUT2D eigenvalue weighted by molar-refractivity contribution is 7.89. The molecule has 0 radical (unpaired) electrons. The quantitative estimate of drug-likeness (QED) is 0.240. The Kier molecular flexibility index (Phi) is 5.93. The number of fused-ring (bicyclic) bond motifs is 1. The third kappa shape index (κ3) is 3.49. The van der Waals surface area contributed by atoms with Crippen LogP contribution in [0.15, 0.2) is 40.7 Å². The molecule has 1 aliphatic rings. The third-order valence-corrected chi connectivity index (χ3v) is 6.49. The van der Waals surface area contributed by atoms with E-state index in [0.29, 0.717) is 4.31 Å². The van der Waals surface area contributed by atoms with Crippen molar-refractivity contribution in [1.29, 1.82) is 5.26 Å². The second-order valence-electron chi connectivity index (χ2n) is 6.30. The highest BCUT2D eigenvalue weighted by atomic mass is 32.2. The molecular weight excluding hydrogens is 447 g/mol. The lowest BCUT2D eigenvalue weighted by atomic mass is 9.99. The Morgan fingerprint density at radius 2 is 1.65 bits per heavy atom. The first-order valence-electron chi connectivity index (χ1n) is 8.64. The summed E-state index contributed by atoms with van der Waals surface area (Å²) in [6.45, 7) is 0.0605. The molecule has 0 fully saturated rings. The molecule has 3 rings (SSSR count). The van der Waals surface area contributed by atoms with Crippen LogP contribution >= 0.6 is 0 Å². The van der Waals surface area contributed by atoms with Gasteiger partial charge < -0.3 is 9.84 Å². The number of nitrogens with zero attached hydrogens (tertiary/aromatic N) is 2. The first kappa shape index (κ1) is 22.5. The normalized spacial score (nSPS) is 18.3. The van der Waals surface area contributed by atoms with Gasteiger partial charge in [-0.1, -0.05) is 18.2 Å². The molecule has 2 aromatic carbocycles. The summed E-state index contributed by atoms with van der Waals surface area (Å²) >= 11 is 0. The van der Waals surface area contributed by atoms with Crippen molar-refractivity contribution in [2.24, 2.45) is 0 Å². The van der Waals surface area contributed by atoms with Gasteiger partial charge in [0.15, 0.2) is 23.3 Å². The molecular formula is C19H13F5N2O4S. The number of ether oxygens (including phenoxy) is 1. The Labute approximate surface area is 173 Å². The molecule has 1 N–H and O–H groups in total. The molecule has 2 aromatic rings. The average molecular weight is 460 g/mol. The SMILES string of the molecule is CCO/C(O)=C(/C#N)C1c2ccccc2S(=O)(=O)N1Cc1c(F)c(F)c(F)c(F)c1F. The van der Waals surface area contributed by atoms with Crippen molar-refractivity contribution in [1.82, 2.24) is 4.31 Å². The molecule has 0 spiro atoms. The summed E-state index contributed by atoms with van der Waals surface area (Å²) in [4.78, 5) is -0.360. The van der Waals surface area contributed by atoms with Crippen LogP contribution in [-0.2, 0) is 21.3 Å². The van der Waals surface area contributed by atoms with Crippen molar-refractivity contribution in [2.45, 2.75) is 24.4 Å². The molecule has 0 amide bonds.